The number of nitrogens with zero attached hydrogens (tertiary/aromatic N) is 3. The molecular formula is C17H19N5O3S. The molecule has 0 bridgehead atoms. The summed E-state index contributed by atoms with van der Waals surface area (Å²) in [5.41, 5.74) is -0.532. The first kappa shape index (κ1) is 17.0. The van der Waals surface area contributed by atoms with E-state index in [1.54, 1.807) is 10.6 Å². The summed E-state index contributed by atoms with van der Waals surface area (Å²) in [6.07, 6.45) is 5.41. The zero-order valence-electron chi connectivity index (χ0n) is 14.2. The highest BCUT2D eigenvalue weighted by molar-refractivity contribution is 8.00. The lowest BCUT2D eigenvalue weighted by Crippen LogP contribution is -2.31. The Kier molecular flexibility index (Phi) is 4.39. The number of rotatable bonds is 7. The first-order valence-corrected chi connectivity index (χ1v) is 9.64. The van der Waals surface area contributed by atoms with Gasteiger partial charge in [-0.2, -0.15) is 0 Å². The van der Waals surface area contributed by atoms with Crippen LogP contribution < -0.4 is 16.6 Å². The third-order valence-electron chi connectivity index (χ3n) is 4.41. The summed E-state index contributed by atoms with van der Waals surface area (Å²) in [5.74, 6) is 0.898. The maximum absolute atomic E-state index is 12.5. The number of hydrogen-bond acceptors (Lipinski definition) is 6. The quantitative estimate of drug-likeness (QED) is 0.427. The highest BCUT2D eigenvalue weighted by Gasteiger charge is 2.32. The summed E-state index contributed by atoms with van der Waals surface area (Å²) in [7, 11) is 0. The fraction of sp³-hybridized carbons (Fsp3) is 0.471. The summed E-state index contributed by atoms with van der Waals surface area (Å²) in [4.78, 5) is 48.1. The van der Waals surface area contributed by atoms with E-state index >= 15 is 0 Å². The molecule has 9 heteroatoms. The SMILES string of the molecule is C=CCNC(=O)CSc1nc(C2CC2)nc2c1c(=O)[nH]c(=O)n2C1CC1. The van der Waals surface area contributed by atoms with Crippen molar-refractivity contribution in [1.29, 1.82) is 0 Å². The molecule has 2 aromatic heterocycles. The average Bonchev–Trinajstić information content (AvgIpc) is 3.49. The number of thioether (sulfide) groups is 1. The summed E-state index contributed by atoms with van der Waals surface area (Å²) < 4.78 is 1.58. The van der Waals surface area contributed by atoms with E-state index in [1.807, 2.05) is 0 Å². The molecule has 0 spiro atoms. The van der Waals surface area contributed by atoms with Crippen LogP contribution in [0.25, 0.3) is 11.0 Å². The van der Waals surface area contributed by atoms with Gasteiger partial charge in [0, 0.05) is 18.5 Å². The van der Waals surface area contributed by atoms with Gasteiger partial charge in [-0.05, 0) is 25.7 Å². The topological polar surface area (TPSA) is 110 Å². The van der Waals surface area contributed by atoms with Crippen molar-refractivity contribution >= 4 is 28.7 Å². The first-order chi connectivity index (χ1) is 12.6. The molecule has 2 saturated carbocycles. The minimum atomic E-state index is -0.502. The molecule has 8 nitrogen and oxygen atoms in total. The molecular weight excluding hydrogens is 354 g/mol. The maximum Gasteiger partial charge on any atom is 0.330 e. The van der Waals surface area contributed by atoms with Crippen molar-refractivity contribution in [2.75, 3.05) is 12.3 Å². The van der Waals surface area contributed by atoms with Crippen LogP contribution in [-0.4, -0.2) is 37.7 Å². The molecule has 2 aliphatic carbocycles. The molecule has 0 saturated heterocycles. The van der Waals surface area contributed by atoms with Crippen LogP contribution in [0.1, 0.15) is 43.5 Å². The summed E-state index contributed by atoms with van der Waals surface area (Å²) in [6.45, 7) is 3.95. The van der Waals surface area contributed by atoms with E-state index in [0.717, 1.165) is 25.7 Å². The number of H-pyrrole nitrogens is 1. The van der Waals surface area contributed by atoms with Crippen molar-refractivity contribution in [3.63, 3.8) is 0 Å². The van der Waals surface area contributed by atoms with E-state index < -0.39 is 11.2 Å². The molecule has 2 fully saturated rings. The zero-order valence-corrected chi connectivity index (χ0v) is 15.0. The van der Waals surface area contributed by atoms with Crippen molar-refractivity contribution in [3.05, 3.63) is 39.3 Å². The number of carbonyl (C=O) groups is 1. The second kappa shape index (κ2) is 6.71. The average molecular weight is 373 g/mol. The van der Waals surface area contributed by atoms with E-state index in [0.29, 0.717) is 28.4 Å². The van der Waals surface area contributed by atoms with Crippen LogP contribution in [0.3, 0.4) is 0 Å². The Morgan fingerprint density at radius 3 is 2.73 bits per heavy atom. The standard InChI is InChI=1S/C17H19N5O3S/c1-2-7-18-11(23)8-26-16-12-14(19-13(20-16)9-3-4-9)22(10-5-6-10)17(25)21-15(12)24/h2,9-10H,1,3-8H2,(H,18,23)(H,21,24,25). The lowest BCUT2D eigenvalue weighted by atomic mass is 10.3. The van der Waals surface area contributed by atoms with E-state index in [9.17, 15) is 14.4 Å². The molecule has 26 heavy (non-hydrogen) atoms. The molecule has 2 aromatic rings. The Labute approximate surface area is 153 Å². The summed E-state index contributed by atoms with van der Waals surface area (Å²) in [6, 6.07) is 0.0811. The van der Waals surface area contributed by atoms with E-state index in [2.05, 4.69) is 26.8 Å². The largest absolute Gasteiger partial charge is 0.352 e. The van der Waals surface area contributed by atoms with E-state index in [-0.39, 0.29) is 23.6 Å². The van der Waals surface area contributed by atoms with Crippen LogP contribution in [-0.2, 0) is 4.79 Å². The molecule has 0 atom stereocenters. The summed E-state index contributed by atoms with van der Waals surface area (Å²) >= 11 is 1.20. The highest BCUT2D eigenvalue weighted by Crippen LogP contribution is 2.40. The predicted octanol–water partition coefficient (Wildman–Crippen LogP) is 1.09. The maximum atomic E-state index is 12.5. The molecule has 0 unspecified atom stereocenters. The Balaban J connectivity index is 1.79. The van der Waals surface area contributed by atoms with Crippen molar-refractivity contribution in [3.8, 4) is 0 Å². The third-order valence-corrected chi connectivity index (χ3v) is 5.38. The fourth-order valence-electron chi connectivity index (χ4n) is 2.80. The van der Waals surface area contributed by atoms with Gasteiger partial charge in [0.1, 0.15) is 16.2 Å². The fourth-order valence-corrected chi connectivity index (χ4v) is 3.66. The van der Waals surface area contributed by atoms with E-state index in [1.165, 1.54) is 11.8 Å². The van der Waals surface area contributed by atoms with Gasteiger partial charge in [0.05, 0.1) is 5.75 Å². The molecule has 2 aliphatic rings. The Bertz CT molecular complexity index is 1000. The van der Waals surface area contributed by atoms with Crippen molar-refractivity contribution in [1.82, 2.24) is 24.8 Å². The number of amides is 1. The third kappa shape index (κ3) is 3.31. The minimum absolute atomic E-state index is 0.0811. The van der Waals surface area contributed by atoms with Gasteiger partial charge in [0.2, 0.25) is 5.91 Å². The van der Waals surface area contributed by atoms with Gasteiger partial charge in [-0.1, -0.05) is 17.8 Å². The van der Waals surface area contributed by atoms with Crippen LogP contribution in [0, 0.1) is 0 Å². The number of carbonyl (C=O) groups excluding carboxylic acids is 1. The molecule has 136 valence electrons. The second-order valence-electron chi connectivity index (χ2n) is 6.60. The molecule has 0 radical (unpaired) electrons. The molecule has 0 aromatic carbocycles. The molecule has 2 heterocycles. The van der Waals surface area contributed by atoms with E-state index in [4.69, 9.17) is 0 Å². The molecule has 4 rings (SSSR count). The first-order valence-electron chi connectivity index (χ1n) is 8.65. The van der Waals surface area contributed by atoms with Gasteiger partial charge >= 0.3 is 5.69 Å². The number of hydrogen-bond donors (Lipinski definition) is 2. The number of fused-ring (bicyclic) bond motifs is 1. The Hall–Kier alpha value is -2.42. The minimum Gasteiger partial charge on any atom is -0.352 e. The smallest absolute Gasteiger partial charge is 0.330 e. The van der Waals surface area contributed by atoms with Gasteiger partial charge in [-0.3, -0.25) is 19.1 Å². The lowest BCUT2D eigenvalue weighted by Gasteiger charge is -2.11. The second-order valence-corrected chi connectivity index (χ2v) is 7.57. The lowest BCUT2D eigenvalue weighted by molar-refractivity contribution is -0.118. The van der Waals surface area contributed by atoms with Crippen LogP contribution >= 0.6 is 11.8 Å². The van der Waals surface area contributed by atoms with Crippen LogP contribution in [0.2, 0.25) is 0 Å². The van der Waals surface area contributed by atoms with Crippen LogP contribution in [0.5, 0.6) is 0 Å². The molecule has 2 N–H and O–H groups in total. The number of aromatic nitrogens is 4. The Morgan fingerprint density at radius 2 is 2.08 bits per heavy atom. The van der Waals surface area contributed by atoms with Gasteiger partial charge in [0.25, 0.3) is 5.56 Å². The highest BCUT2D eigenvalue weighted by atomic mass is 32.2. The van der Waals surface area contributed by atoms with Crippen molar-refractivity contribution in [2.45, 2.75) is 42.7 Å². The summed E-state index contributed by atoms with van der Waals surface area (Å²) in [5, 5.41) is 3.45. The number of nitrogens with one attached hydrogen (secondary N) is 2. The van der Waals surface area contributed by atoms with Gasteiger partial charge in [0.15, 0.2) is 5.65 Å². The van der Waals surface area contributed by atoms with Crippen LogP contribution in [0.15, 0.2) is 27.3 Å². The van der Waals surface area contributed by atoms with Crippen molar-refractivity contribution in [2.24, 2.45) is 0 Å². The Morgan fingerprint density at radius 1 is 1.31 bits per heavy atom. The van der Waals surface area contributed by atoms with Crippen LogP contribution in [0.4, 0.5) is 0 Å². The van der Waals surface area contributed by atoms with Crippen molar-refractivity contribution < 1.29 is 4.79 Å². The molecule has 0 aliphatic heterocycles. The molecule has 1 amide bonds. The zero-order chi connectivity index (χ0) is 18.3. The van der Waals surface area contributed by atoms with Gasteiger partial charge < -0.3 is 5.32 Å². The number of aromatic amines is 1. The predicted molar refractivity (Wildman–Crippen MR) is 98.6 cm³/mol. The van der Waals surface area contributed by atoms with Gasteiger partial charge in [-0.25, -0.2) is 14.8 Å². The normalized spacial score (nSPS) is 16.6. The monoisotopic (exact) mass is 373 g/mol. The van der Waals surface area contributed by atoms with Gasteiger partial charge in [-0.15, -0.1) is 6.58 Å².